The zero-order valence-corrected chi connectivity index (χ0v) is 14.6. The number of nitrogens with two attached hydrogens (primary N) is 1. The summed E-state index contributed by atoms with van der Waals surface area (Å²) in [5.41, 5.74) is 9.09. The highest BCUT2D eigenvalue weighted by Gasteiger charge is 2.33. The topological polar surface area (TPSA) is 55.6 Å². The normalized spacial score (nSPS) is 18.6. The molecule has 2 unspecified atom stereocenters. The van der Waals surface area contributed by atoms with Crippen molar-refractivity contribution in [2.24, 2.45) is 11.7 Å². The summed E-state index contributed by atoms with van der Waals surface area (Å²) in [7, 11) is 0. The van der Waals surface area contributed by atoms with Gasteiger partial charge in [-0.05, 0) is 43.4 Å². The molecule has 1 aliphatic rings. The lowest BCUT2D eigenvalue weighted by molar-refractivity contribution is -0.126. The third-order valence-electron chi connectivity index (χ3n) is 4.04. The highest BCUT2D eigenvalue weighted by atomic mass is 16.5. The van der Waals surface area contributed by atoms with Gasteiger partial charge in [-0.25, -0.2) is 0 Å². The van der Waals surface area contributed by atoms with Crippen LogP contribution in [0.4, 0.5) is 5.69 Å². The maximum Gasteiger partial charge on any atom is 0.268 e. The number of ether oxygens (including phenoxy) is 1. The number of carbonyl (C=O) groups is 1. The fourth-order valence-electron chi connectivity index (χ4n) is 2.91. The van der Waals surface area contributed by atoms with Crippen molar-refractivity contribution < 1.29 is 9.53 Å². The molecule has 1 amide bonds. The first-order valence-corrected chi connectivity index (χ1v) is 8.35. The van der Waals surface area contributed by atoms with Gasteiger partial charge in [0.2, 0.25) is 0 Å². The van der Waals surface area contributed by atoms with Gasteiger partial charge in [-0.15, -0.1) is 0 Å². The van der Waals surface area contributed by atoms with Gasteiger partial charge in [-0.2, -0.15) is 0 Å². The van der Waals surface area contributed by atoms with E-state index in [9.17, 15) is 4.79 Å². The van der Waals surface area contributed by atoms with E-state index in [1.807, 2.05) is 32.0 Å². The van der Waals surface area contributed by atoms with Gasteiger partial charge < -0.3 is 15.4 Å². The number of anilines is 1. The van der Waals surface area contributed by atoms with Gasteiger partial charge in [0.15, 0.2) is 6.10 Å². The van der Waals surface area contributed by atoms with Gasteiger partial charge in [0.25, 0.3) is 5.91 Å². The van der Waals surface area contributed by atoms with Crippen molar-refractivity contribution in [1.82, 2.24) is 0 Å². The summed E-state index contributed by atoms with van der Waals surface area (Å²) in [6.07, 6.45) is 1.14. The van der Waals surface area contributed by atoms with Crippen molar-refractivity contribution in [3.63, 3.8) is 0 Å². The molecule has 126 valence electrons. The quantitative estimate of drug-likeness (QED) is 0.812. The smallest absolute Gasteiger partial charge is 0.268 e. The molecule has 2 N–H and O–H groups in total. The number of rotatable bonds is 6. The monoisotopic (exact) mass is 316 g/mol. The molecule has 23 heavy (non-hydrogen) atoms. The number of hydrogen-bond acceptors (Lipinski definition) is 3. The van der Waals surface area contributed by atoms with Crippen molar-refractivity contribution in [3.8, 4) is 5.75 Å². The van der Waals surface area contributed by atoms with Crippen molar-refractivity contribution in [2.75, 3.05) is 11.4 Å². The number of fused-ring (bicyclic) bond motifs is 1. The summed E-state index contributed by atoms with van der Waals surface area (Å²) in [6, 6.07) is 5.90. The zero-order valence-electron chi connectivity index (χ0n) is 14.6. The molecule has 0 saturated heterocycles. The van der Waals surface area contributed by atoms with E-state index in [2.05, 4.69) is 20.4 Å². The van der Waals surface area contributed by atoms with Crippen molar-refractivity contribution in [1.29, 1.82) is 0 Å². The van der Waals surface area contributed by atoms with Gasteiger partial charge in [0.05, 0.1) is 5.69 Å². The third-order valence-corrected chi connectivity index (χ3v) is 4.04. The Bertz CT molecular complexity index is 595. The molecule has 0 saturated carbocycles. The Hall–Kier alpha value is -1.81. The van der Waals surface area contributed by atoms with Gasteiger partial charge in [-0.1, -0.05) is 39.0 Å². The summed E-state index contributed by atoms with van der Waals surface area (Å²) in [5, 5.41) is 0. The lowest BCUT2D eigenvalue weighted by atomic mass is 9.96. The molecule has 0 fully saturated rings. The van der Waals surface area contributed by atoms with Crippen LogP contribution in [0.15, 0.2) is 30.4 Å². The molecule has 1 aromatic rings. The first kappa shape index (κ1) is 17.5. The van der Waals surface area contributed by atoms with Crippen molar-refractivity contribution in [3.05, 3.63) is 35.9 Å². The molecule has 0 aliphatic carbocycles. The third kappa shape index (κ3) is 3.94. The van der Waals surface area contributed by atoms with Crippen LogP contribution in [0.1, 0.15) is 52.1 Å². The second-order valence-corrected chi connectivity index (χ2v) is 6.86. The van der Waals surface area contributed by atoms with Gasteiger partial charge in [-0.3, -0.25) is 4.79 Å². The van der Waals surface area contributed by atoms with Crippen molar-refractivity contribution in [2.45, 2.75) is 52.7 Å². The zero-order chi connectivity index (χ0) is 17.1. The fourth-order valence-corrected chi connectivity index (χ4v) is 2.91. The molecule has 1 aromatic carbocycles. The Labute approximate surface area is 139 Å². The largest absolute Gasteiger partial charge is 0.478 e. The Morgan fingerprint density at radius 3 is 2.70 bits per heavy atom. The molecule has 4 nitrogen and oxygen atoms in total. The van der Waals surface area contributed by atoms with E-state index in [0.29, 0.717) is 18.9 Å². The summed E-state index contributed by atoms with van der Waals surface area (Å²) in [4.78, 5) is 14.4. The van der Waals surface area contributed by atoms with Crippen LogP contribution in [0.25, 0.3) is 0 Å². The molecule has 0 radical (unpaired) electrons. The first-order valence-electron chi connectivity index (χ1n) is 8.35. The number of hydrogen-bond donors (Lipinski definition) is 1. The van der Waals surface area contributed by atoms with Crippen LogP contribution in [-0.4, -0.2) is 18.6 Å². The lowest BCUT2D eigenvalue weighted by Gasteiger charge is -2.35. The van der Waals surface area contributed by atoms with Crippen molar-refractivity contribution >= 4 is 11.6 Å². The average Bonchev–Trinajstić information content (AvgIpc) is 2.48. The summed E-state index contributed by atoms with van der Waals surface area (Å²) < 4.78 is 5.86. The molecule has 0 aromatic heterocycles. The van der Waals surface area contributed by atoms with E-state index in [0.717, 1.165) is 29.0 Å². The lowest BCUT2D eigenvalue weighted by Crippen LogP contribution is -2.46. The molecule has 0 bridgehead atoms. The Morgan fingerprint density at radius 1 is 1.43 bits per heavy atom. The minimum absolute atomic E-state index is 0.00224. The molecule has 0 spiro atoms. The summed E-state index contributed by atoms with van der Waals surface area (Å²) >= 11 is 0. The van der Waals surface area contributed by atoms with Gasteiger partial charge in [0.1, 0.15) is 5.75 Å². The number of nitrogens with zero attached hydrogens (tertiary/aromatic N) is 1. The molecular weight excluding hydrogens is 288 g/mol. The summed E-state index contributed by atoms with van der Waals surface area (Å²) in [5.74, 6) is 1.27. The van der Waals surface area contributed by atoms with Gasteiger partial charge >= 0.3 is 0 Å². The minimum Gasteiger partial charge on any atom is -0.478 e. The van der Waals surface area contributed by atoms with E-state index >= 15 is 0 Å². The second kappa shape index (κ2) is 7.18. The van der Waals surface area contributed by atoms with Crippen LogP contribution in [0.2, 0.25) is 0 Å². The predicted octanol–water partition coefficient (Wildman–Crippen LogP) is 3.81. The van der Waals surface area contributed by atoms with E-state index in [4.69, 9.17) is 10.5 Å². The molecular formula is C19H28N2O2. The van der Waals surface area contributed by atoms with Crippen LogP contribution in [0.5, 0.6) is 5.75 Å². The SMILES string of the molecule is C=C(C)CN1C(=O)C(CC)Oc2ccc(C(N)CC(C)C)cc21. The fraction of sp³-hybridized carbons (Fsp3) is 0.526. The average molecular weight is 316 g/mol. The first-order chi connectivity index (χ1) is 10.8. The maximum absolute atomic E-state index is 12.6. The van der Waals surface area contributed by atoms with E-state index in [-0.39, 0.29) is 11.9 Å². The van der Waals surface area contributed by atoms with E-state index < -0.39 is 6.10 Å². The molecule has 2 rings (SSSR count). The van der Waals surface area contributed by atoms with Crippen LogP contribution >= 0.6 is 0 Å². The number of carbonyl (C=O) groups excluding carboxylic acids is 1. The second-order valence-electron chi connectivity index (χ2n) is 6.86. The molecule has 4 heteroatoms. The van der Waals surface area contributed by atoms with Crippen LogP contribution < -0.4 is 15.4 Å². The molecule has 1 aliphatic heterocycles. The Kier molecular flexibility index (Phi) is 5.47. The van der Waals surface area contributed by atoms with E-state index in [1.165, 1.54) is 0 Å². The Morgan fingerprint density at radius 2 is 2.13 bits per heavy atom. The van der Waals surface area contributed by atoms with Crippen LogP contribution in [0, 0.1) is 5.92 Å². The minimum atomic E-state index is -0.419. The van der Waals surface area contributed by atoms with Gasteiger partial charge in [0, 0.05) is 12.6 Å². The highest BCUT2D eigenvalue weighted by molar-refractivity contribution is 6.00. The Balaban J connectivity index is 2.39. The predicted molar refractivity (Wildman–Crippen MR) is 94.7 cm³/mol. The molecule has 2 atom stereocenters. The van der Waals surface area contributed by atoms with E-state index in [1.54, 1.807) is 4.90 Å². The van der Waals surface area contributed by atoms with Crippen LogP contribution in [-0.2, 0) is 4.79 Å². The number of benzene rings is 1. The molecule has 1 heterocycles. The standard InChI is InChI=1S/C19H28N2O2/c1-6-17-19(22)21(11-13(4)5)16-10-14(7-8-18(16)23-17)15(20)9-12(2)3/h7-8,10,12,15,17H,4,6,9,11,20H2,1-3,5H3. The summed E-state index contributed by atoms with van der Waals surface area (Å²) in [6.45, 7) is 12.7. The number of amides is 1. The maximum atomic E-state index is 12.6. The van der Waals surface area contributed by atoms with Crippen LogP contribution in [0.3, 0.4) is 0 Å². The highest BCUT2D eigenvalue weighted by Crippen LogP contribution is 2.37.